The molecule has 0 aliphatic carbocycles. The number of carbonyl (C=O) groups excluding carboxylic acids is 2. The number of nitriles is 1. The van der Waals surface area contributed by atoms with E-state index in [0.717, 1.165) is 0 Å². The van der Waals surface area contributed by atoms with Crippen LogP contribution in [0.15, 0.2) is 93.0 Å². The molecule has 37 heavy (non-hydrogen) atoms. The minimum absolute atomic E-state index is 0.0718. The quantitative estimate of drug-likeness (QED) is 0.373. The maximum absolute atomic E-state index is 13.6. The third-order valence-corrected chi connectivity index (χ3v) is 6.72. The van der Waals surface area contributed by atoms with Crippen LogP contribution < -0.4 is 20.7 Å². The predicted molar refractivity (Wildman–Crippen MR) is 144 cm³/mol. The Hall–Kier alpha value is -4.42. The van der Waals surface area contributed by atoms with Gasteiger partial charge in [0.2, 0.25) is 5.91 Å². The summed E-state index contributed by atoms with van der Waals surface area (Å²) in [4.78, 5) is 26.1. The first kappa shape index (κ1) is 25.7. The topological polar surface area (TPSA) is 116 Å². The lowest BCUT2D eigenvalue weighted by molar-refractivity contribution is -0.114. The molecule has 8 nitrogen and oxygen atoms in total. The third-order valence-electron chi connectivity index (χ3n) is 5.70. The second-order valence-corrected chi connectivity index (χ2v) is 9.24. The Kier molecular flexibility index (Phi) is 8.01. The van der Waals surface area contributed by atoms with Gasteiger partial charge in [-0.05, 0) is 50.2 Å². The van der Waals surface area contributed by atoms with Crippen LogP contribution in [0.3, 0.4) is 0 Å². The molecule has 188 valence electrons. The van der Waals surface area contributed by atoms with Crippen molar-refractivity contribution >= 4 is 35.0 Å². The Morgan fingerprint density at radius 1 is 1.05 bits per heavy atom. The molecule has 0 bridgehead atoms. The second kappa shape index (κ2) is 11.5. The second-order valence-electron chi connectivity index (χ2n) is 8.26. The van der Waals surface area contributed by atoms with Crippen molar-refractivity contribution in [2.45, 2.75) is 19.8 Å². The Bertz CT molecular complexity index is 1420. The van der Waals surface area contributed by atoms with Gasteiger partial charge in [-0.25, -0.2) is 0 Å². The van der Waals surface area contributed by atoms with E-state index in [1.54, 1.807) is 56.3 Å². The Morgan fingerprint density at radius 3 is 2.46 bits per heavy atom. The minimum atomic E-state index is -0.755. The van der Waals surface area contributed by atoms with E-state index < -0.39 is 11.8 Å². The van der Waals surface area contributed by atoms with Gasteiger partial charge in [0.05, 0.1) is 46.7 Å². The fourth-order valence-electron chi connectivity index (χ4n) is 4.01. The van der Waals surface area contributed by atoms with Gasteiger partial charge in [-0.2, -0.15) is 5.26 Å². The lowest BCUT2D eigenvalue weighted by Crippen LogP contribution is -2.31. The summed E-state index contributed by atoms with van der Waals surface area (Å²) in [6.07, 6.45) is 0. The molecule has 9 heteroatoms. The van der Waals surface area contributed by atoms with Crippen LogP contribution in [0.5, 0.6) is 5.75 Å². The van der Waals surface area contributed by atoms with E-state index in [0.29, 0.717) is 50.5 Å². The van der Waals surface area contributed by atoms with Gasteiger partial charge in [0.1, 0.15) is 17.3 Å². The first-order valence-corrected chi connectivity index (χ1v) is 12.5. The summed E-state index contributed by atoms with van der Waals surface area (Å²) >= 11 is 1.20. The highest BCUT2D eigenvalue weighted by Gasteiger charge is 2.37. The fourth-order valence-corrected chi connectivity index (χ4v) is 4.91. The molecule has 1 atom stereocenters. The number of dihydropyridines is 1. The van der Waals surface area contributed by atoms with E-state index in [4.69, 9.17) is 9.15 Å². The van der Waals surface area contributed by atoms with Crippen molar-refractivity contribution < 1.29 is 18.7 Å². The molecule has 0 radical (unpaired) electrons. The predicted octanol–water partition coefficient (Wildman–Crippen LogP) is 5.30. The standard InChI is InChI=1S/C28H26N4O4S/c1-17-13-14-23(36-17)26-20(15-29)28(37-16-24(33)31-19-9-5-4-6-10-19)30-18(2)25(26)27(34)32-21-11-7-8-12-22(21)35-3/h4-14,26,30H,16H2,1-3H3,(H,31,33)(H,32,34)/t26-/m1/s1. The molecule has 1 aliphatic rings. The van der Waals surface area contributed by atoms with Crippen LogP contribution in [0, 0.1) is 18.3 Å². The van der Waals surface area contributed by atoms with Crippen LogP contribution >= 0.6 is 11.8 Å². The van der Waals surface area contributed by atoms with Gasteiger partial charge >= 0.3 is 0 Å². The summed E-state index contributed by atoms with van der Waals surface area (Å²) in [5.41, 5.74) is 2.38. The van der Waals surface area contributed by atoms with Crippen molar-refractivity contribution in [3.05, 3.63) is 100 Å². The summed E-state index contributed by atoms with van der Waals surface area (Å²) in [6, 6.07) is 22.0. The van der Waals surface area contributed by atoms with Crippen molar-refractivity contribution in [3.63, 3.8) is 0 Å². The molecule has 0 saturated heterocycles. The largest absolute Gasteiger partial charge is 0.495 e. The van der Waals surface area contributed by atoms with Crippen LogP contribution in [0.1, 0.15) is 24.4 Å². The molecule has 2 heterocycles. The zero-order valence-electron chi connectivity index (χ0n) is 20.6. The molecule has 2 aromatic carbocycles. The number of thioether (sulfide) groups is 1. The number of furan rings is 1. The number of anilines is 2. The molecule has 4 rings (SSSR count). The van der Waals surface area contributed by atoms with Gasteiger partial charge in [0.25, 0.3) is 5.91 Å². The number of methoxy groups -OCH3 is 1. The van der Waals surface area contributed by atoms with Crippen molar-refractivity contribution in [1.29, 1.82) is 5.26 Å². The van der Waals surface area contributed by atoms with Crippen LogP contribution in [0.25, 0.3) is 0 Å². The average Bonchev–Trinajstić information content (AvgIpc) is 3.33. The zero-order chi connectivity index (χ0) is 26.4. The Labute approximate surface area is 219 Å². The van der Waals surface area contributed by atoms with E-state index in [1.165, 1.54) is 18.9 Å². The van der Waals surface area contributed by atoms with Crippen LogP contribution in [-0.4, -0.2) is 24.7 Å². The Balaban J connectivity index is 1.63. The van der Waals surface area contributed by atoms with Crippen molar-refractivity contribution in [3.8, 4) is 11.8 Å². The summed E-state index contributed by atoms with van der Waals surface area (Å²) in [7, 11) is 1.53. The van der Waals surface area contributed by atoms with Gasteiger partial charge in [-0.15, -0.1) is 0 Å². The molecule has 0 fully saturated rings. The van der Waals surface area contributed by atoms with Crippen LogP contribution in [0.4, 0.5) is 11.4 Å². The number of allylic oxidation sites excluding steroid dienone is 2. The summed E-state index contributed by atoms with van der Waals surface area (Å²) in [5.74, 6) is 0.342. The molecule has 2 amide bonds. The van der Waals surface area contributed by atoms with Gasteiger partial charge in [-0.3, -0.25) is 9.59 Å². The molecule has 3 N–H and O–H groups in total. The van der Waals surface area contributed by atoms with Gasteiger partial charge in [-0.1, -0.05) is 42.1 Å². The highest BCUT2D eigenvalue weighted by Crippen LogP contribution is 2.41. The Morgan fingerprint density at radius 2 is 1.78 bits per heavy atom. The average molecular weight is 515 g/mol. The summed E-state index contributed by atoms with van der Waals surface area (Å²) in [5, 5.41) is 19.6. The highest BCUT2D eigenvalue weighted by molar-refractivity contribution is 8.03. The van der Waals surface area contributed by atoms with E-state index >= 15 is 0 Å². The van der Waals surface area contributed by atoms with Crippen molar-refractivity contribution in [1.82, 2.24) is 5.32 Å². The van der Waals surface area contributed by atoms with Gasteiger partial charge in [0.15, 0.2) is 0 Å². The molecule has 1 aromatic heterocycles. The lowest BCUT2D eigenvalue weighted by Gasteiger charge is -2.28. The van der Waals surface area contributed by atoms with Crippen LogP contribution in [-0.2, 0) is 9.59 Å². The fraction of sp³-hybridized carbons (Fsp3) is 0.179. The van der Waals surface area contributed by atoms with Crippen LogP contribution in [0.2, 0.25) is 0 Å². The first-order chi connectivity index (χ1) is 17.9. The summed E-state index contributed by atoms with van der Waals surface area (Å²) in [6.45, 7) is 3.56. The molecular weight excluding hydrogens is 488 g/mol. The molecule has 0 unspecified atom stereocenters. The number of para-hydroxylation sites is 3. The number of carbonyl (C=O) groups is 2. The normalized spacial score (nSPS) is 15.0. The zero-order valence-corrected chi connectivity index (χ0v) is 21.4. The molecule has 1 aliphatic heterocycles. The minimum Gasteiger partial charge on any atom is -0.495 e. The third kappa shape index (κ3) is 5.88. The monoisotopic (exact) mass is 514 g/mol. The SMILES string of the molecule is COc1ccccc1NC(=O)C1=C(C)NC(SCC(=O)Nc2ccccc2)=C(C#N)[C@@H]1c1ccc(C)o1. The maximum Gasteiger partial charge on any atom is 0.254 e. The molecule has 0 spiro atoms. The van der Waals surface area contributed by atoms with Crippen molar-refractivity contribution in [2.75, 3.05) is 23.5 Å². The van der Waals surface area contributed by atoms with E-state index in [1.807, 2.05) is 24.3 Å². The van der Waals surface area contributed by atoms with Gasteiger partial charge in [0, 0.05) is 11.4 Å². The smallest absolute Gasteiger partial charge is 0.254 e. The molecule has 3 aromatic rings. The molecular formula is C28H26N4O4S. The summed E-state index contributed by atoms with van der Waals surface area (Å²) < 4.78 is 11.3. The number of amides is 2. The van der Waals surface area contributed by atoms with Crippen molar-refractivity contribution in [2.24, 2.45) is 0 Å². The maximum atomic E-state index is 13.6. The first-order valence-electron chi connectivity index (χ1n) is 11.5. The number of hydrogen-bond donors (Lipinski definition) is 3. The number of rotatable bonds is 8. The van der Waals surface area contributed by atoms with E-state index in [-0.39, 0.29) is 11.7 Å². The van der Waals surface area contributed by atoms with E-state index in [2.05, 4.69) is 22.0 Å². The highest BCUT2D eigenvalue weighted by atomic mass is 32.2. The van der Waals surface area contributed by atoms with E-state index in [9.17, 15) is 14.9 Å². The number of benzene rings is 2. The molecule has 0 saturated carbocycles. The van der Waals surface area contributed by atoms with Gasteiger partial charge < -0.3 is 25.1 Å². The number of hydrogen-bond acceptors (Lipinski definition) is 7. The number of nitrogens with zero attached hydrogens (tertiary/aromatic N) is 1. The number of aryl methyl sites for hydroxylation is 1. The lowest BCUT2D eigenvalue weighted by atomic mass is 9.85. The number of nitrogens with one attached hydrogen (secondary N) is 3. The number of ether oxygens (including phenoxy) is 1.